The van der Waals surface area contributed by atoms with Crippen LogP contribution in [0.15, 0.2) is 72.8 Å². The molecule has 0 spiro atoms. The number of phenolic OH excluding ortho intramolecular Hbond substituents is 4. The molecule has 0 unspecified atom stereocenters. The maximum atomic E-state index is 12.1. The van der Waals surface area contributed by atoms with Gasteiger partial charge < -0.3 is 35.8 Å². The molecule has 0 saturated carbocycles. The van der Waals surface area contributed by atoms with Gasteiger partial charge in [-0.1, -0.05) is 23.8 Å². The van der Waals surface area contributed by atoms with Crippen LogP contribution in [0, 0.1) is 20.8 Å². The first kappa shape index (κ1) is 28.4. The monoisotopic (exact) mass is 530 g/mol. The SMILES string of the molecule is COc1ccc(C)cc1NC(=O)c1ccc(O)cc1O.Cc1ccc(NC(=O)c2ccc(O)cc2O)c(C)c1. The number of rotatable bonds is 5. The average Bonchev–Trinajstić information content (AvgIpc) is 2.86. The molecule has 39 heavy (non-hydrogen) atoms. The molecule has 9 heteroatoms. The van der Waals surface area contributed by atoms with Crippen LogP contribution >= 0.6 is 0 Å². The van der Waals surface area contributed by atoms with E-state index in [1.54, 1.807) is 12.1 Å². The second-order valence-corrected chi connectivity index (χ2v) is 8.83. The summed E-state index contributed by atoms with van der Waals surface area (Å²) >= 11 is 0. The minimum atomic E-state index is -0.480. The summed E-state index contributed by atoms with van der Waals surface area (Å²) in [6, 6.07) is 18.7. The molecular formula is C30H30N2O7. The van der Waals surface area contributed by atoms with Crippen molar-refractivity contribution in [2.45, 2.75) is 20.8 Å². The van der Waals surface area contributed by atoms with Crippen molar-refractivity contribution in [3.63, 3.8) is 0 Å². The van der Waals surface area contributed by atoms with Crippen LogP contribution in [0.1, 0.15) is 37.4 Å². The molecule has 202 valence electrons. The number of carbonyl (C=O) groups is 2. The normalized spacial score (nSPS) is 10.2. The van der Waals surface area contributed by atoms with E-state index in [0.29, 0.717) is 17.1 Å². The summed E-state index contributed by atoms with van der Waals surface area (Å²) in [6.07, 6.45) is 0. The zero-order valence-electron chi connectivity index (χ0n) is 21.9. The lowest BCUT2D eigenvalue weighted by Gasteiger charge is -2.11. The number of nitrogens with one attached hydrogen (secondary N) is 2. The van der Waals surface area contributed by atoms with E-state index < -0.39 is 11.8 Å². The van der Waals surface area contributed by atoms with Crippen LogP contribution in [-0.4, -0.2) is 39.4 Å². The Hall–Kier alpha value is -5.18. The lowest BCUT2D eigenvalue weighted by atomic mass is 10.1. The Balaban J connectivity index is 0.000000216. The number of aryl methyl sites for hydroxylation is 3. The maximum Gasteiger partial charge on any atom is 0.259 e. The van der Waals surface area contributed by atoms with Crippen molar-refractivity contribution in [2.75, 3.05) is 17.7 Å². The Morgan fingerprint density at radius 2 is 1.10 bits per heavy atom. The number of methoxy groups -OCH3 is 1. The van der Waals surface area contributed by atoms with Gasteiger partial charge in [-0.05, 0) is 74.4 Å². The van der Waals surface area contributed by atoms with Crippen molar-refractivity contribution in [1.82, 2.24) is 0 Å². The van der Waals surface area contributed by atoms with Crippen molar-refractivity contribution < 1.29 is 34.8 Å². The van der Waals surface area contributed by atoms with Gasteiger partial charge in [-0.3, -0.25) is 9.59 Å². The van der Waals surface area contributed by atoms with Crippen molar-refractivity contribution >= 4 is 23.2 Å². The van der Waals surface area contributed by atoms with Gasteiger partial charge in [-0.15, -0.1) is 0 Å². The van der Waals surface area contributed by atoms with Crippen LogP contribution in [0.2, 0.25) is 0 Å². The van der Waals surface area contributed by atoms with Gasteiger partial charge in [0.1, 0.15) is 28.7 Å². The minimum absolute atomic E-state index is 0.0753. The summed E-state index contributed by atoms with van der Waals surface area (Å²) < 4.78 is 5.17. The zero-order chi connectivity index (χ0) is 28.7. The first-order valence-electron chi connectivity index (χ1n) is 11.9. The molecule has 0 bridgehead atoms. The van der Waals surface area contributed by atoms with E-state index in [1.165, 1.54) is 31.4 Å². The van der Waals surface area contributed by atoms with E-state index in [1.807, 2.05) is 45.0 Å². The predicted molar refractivity (Wildman–Crippen MR) is 149 cm³/mol. The molecule has 0 heterocycles. The van der Waals surface area contributed by atoms with E-state index in [9.17, 15) is 30.0 Å². The number of carbonyl (C=O) groups excluding carboxylic acids is 2. The fraction of sp³-hybridized carbons (Fsp3) is 0.133. The lowest BCUT2D eigenvalue weighted by molar-refractivity contribution is 0.101. The Kier molecular flexibility index (Phi) is 9.01. The van der Waals surface area contributed by atoms with Crippen LogP contribution in [0.5, 0.6) is 28.7 Å². The molecule has 4 aromatic carbocycles. The van der Waals surface area contributed by atoms with Crippen LogP contribution in [0.3, 0.4) is 0 Å². The summed E-state index contributed by atoms with van der Waals surface area (Å²) in [5.74, 6) is -1.08. The molecule has 0 fully saturated rings. The van der Waals surface area contributed by atoms with E-state index in [-0.39, 0.29) is 34.1 Å². The molecule has 0 aliphatic heterocycles. The molecule has 0 atom stereocenters. The van der Waals surface area contributed by atoms with Crippen molar-refractivity contribution in [2.24, 2.45) is 0 Å². The topological polar surface area (TPSA) is 148 Å². The number of hydrogen-bond acceptors (Lipinski definition) is 7. The Morgan fingerprint density at radius 3 is 1.59 bits per heavy atom. The van der Waals surface area contributed by atoms with E-state index in [0.717, 1.165) is 28.8 Å². The maximum absolute atomic E-state index is 12.1. The number of benzene rings is 4. The van der Waals surface area contributed by atoms with Crippen molar-refractivity contribution in [3.05, 3.63) is 101 Å². The molecule has 2 amide bonds. The van der Waals surface area contributed by atoms with Gasteiger partial charge in [0.2, 0.25) is 0 Å². The van der Waals surface area contributed by atoms with Gasteiger partial charge in [0.25, 0.3) is 11.8 Å². The second-order valence-electron chi connectivity index (χ2n) is 8.83. The number of ether oxygens (including phenoxy) is 1. The van der Waals surface area contributed by atoms with Gasteiger partial charge in [-0.25, -0.2) is 0 Å². The summed E-state index contributed by atoms with van der Waals surface area (Å²) in [6.45, 7) is 5.77. The van der Waals surface area contributed by atoms with Crippen LogP contribution < -0.4 is 15.4 Å². The van der Waals surface area contributed by atoms with E-state index in [2.05, 4.69) is 10.6 Å². The lowest BCUT2D eigenvalue weighted by Crippen LogP contribution is -2.13. The third-order valence-corrected chi connectivity index (χ3v) is 5.69. The zero-order valence-corrected chi connectivity index (χ0v) is 21.9. The molecule has 0 radical (unpaired) electrons. The van der Waals surface area contributed by atoms with Crippen LogP contribution in [0.25, 0.3) is 0 Å². The average molecular weight is 531 g/mol. The Morgan fingerprint density at radius 1 is 0.615 bits per heavy atom. The van der Waals surface area contributed by atoms with Crippen molar-refractivity contribution in [1.29, 1.82) is 0 Å². The number of phenols is 4. The van der Waals surface area contributed by atoms with E-state index in [4.69, 9.17) is 4.74 Å². The molecule has 4 aromatic rings. The van der Waals surface area contributed by atoms with Crippen LogP contribution in [0.4, 0.5) is 11.4 Å². The first-order chi connectivity index (χ1) is 18.5. The third-order valence-electron chi connectivity index (χ3n) is 5.69. The second kappa shape index (κ2) is 12.4. The minimum Gasteiger partial charge on any atom is -0.508 e. The molecule has 0 aliphatic carbocycles. The number of hydrogen-bond donors (Lipinski definition) is 6. The van der Waals surface area contributed by atoms with E-state index >= 15 is 0 Å². The largest absolute Gasteiger partial charge is 0.508 e. The molecule has 0 saturated heterocycles. The standard InChI is InChI=1S/C15H15NO4.C15H15NO3/c1-9-3-6-14(20-2)12(7-9)16-15(19)11-5-4-10(17)8-13(11)18;1-9-3-6-13(10(2)7-9)16-15(19)12-5-4-11(17)8-14(12)18/h3-8,17-18H,1-2H3,(H,16,19);3-8,17-18H,1-2H3,(H,16,19). The molecule has 6 N–H and O–H groups in total. The first-order valence-corrected chi connectivity index (χ1v) is 11.9. The highest BCUT2D eigenvalue weighted by atomic mass is 16.5. The number of aromatic hydroxyl groups is 4. The Bertz CT molecular complexity index is 1520. The van der Waals surface area contributed by atoms with Crippen molar-refractivity contribution in [3.8, 4) is 28.7 Å². The quantitative estimate of drug-likeness (QED) is 0.196. The fourth-order valence-electron chi connectivity index (χ4n) is 3.68. The molecule has 0 aliphatic rings. The van der Waals surface area contributed by atoms with Gasteiger partial charge in [0.15, 0.2) is 0 Å². The van der Waals surface area contributed by atoms with Crippen LogP contribution in [-0.2, 0) is 0 Å². The molecule has 9 nitrogen and oxygen atoms in total. The highest BCUT2D eigenvalue weighted by Gasteiger charge is 2.15. The van der Waals surface area contributed by atoms with Gasteiger partial charge in [0, 0.05) is 17.8 Å². The summed E-state index contributed by atoms with van der Waals surface area (Å²) in [5, 5.41) is 43.1. The smallest absolute Gasteiger partial charge is 0.259 e. The molecular weight excluding hydrogens is 500 g/mol. The highest BCUT2D eigenvalue weighted by molar-refractivity contribution is 6.07. The fourth-order valence-corrected chi connectivity index (χ4v) is 3.68. The predicted octanol–water partition coefficient (Wildman–Crippen LogP) is 5.63. The molecule has 0 aromatic heterocycles. The molecule has 4 rings (SSSR count). The Labute approximate surface area is 226 Å². The van der Waals surface area contributed by atoms with Gasteiger partial charge >= 0.3 is 0 Å². The highest BCUT2D eigenvalue weighted by Crippen LogP contribution is 2.28. The number of anilines is 2. The third kappa shape index (κ3) is 7.42. The number of amides is 2. The summed E-state index contributed by atoms with van der Waals surface area (Å²) in [4.78, 5) is 24.1. The summed E-state index contributed by atoms with van der Waals surface area (Å²) in [7, 11) is 1.51. The summed E-state index contributed by atoms with van der Waals surface area (Å²) in [5.41, 5.74) is 4.45. The van der Waals surface area contributed by atoms with Gasteiger partial charge in [0.05, 0.1) is 23.9 Å². The van der Waals surface area contributed by atoms with Gasteiger partial charge in [-0.2, -0.15) is 0 Å².